The molecule has 0 radical (unpaired) electrons. The molecule has 0 heterocycles. The Hall–Kier alpha value is -0.0800. The van der Waals surface area contributed by atoms with Crippen molar-refractivity contribution in [2.75, 3.05) is 6.61 Å². The van der Waals surface area contributed by atoms with Gasteiger partial charge in [0.2, 0.25) is 0 Å². The van der Waals surface area contributed by atoms with E-state index in [1.165, 1.54) is 0 Å². The van der Waals surface area contributed by atoms with E-state index in [4.69, 9.17) is 5.11 Å². The van der Waals surface area contributed by atoms with Gasteiger partial charge in [-0.15, -0.1) is 0 Å². The molecule has 1 saturated carbocycles. The highest BCUT2D eigenvalue weighted by Crippen LogP contribution is 2.46. The minimum Gasteiger partial charge on any atom is -0.396 e. The molecule has 2 heteroatoms. The predicted octanol–water partition coefficient (Wildman–Crippen LogP) is 0.920. The van der Waals surface area contributed by atoms with Crippen LogP contribution < -0.4 is 0 Å². The van der Waals surface area contributed by atoms with Crippen molar-refractivity contribution in [2.45, 2.75) is 38.2 Å². The molecule has 1 aliphatic rings. The molecule has 2 atom stereocenters. The topological polar surface area (TPSA) is 40.5 Å². The second-order valence-electron chi connectivity index (χ2n) is 3.39. The molecular formula is C8H16O2. The van der Waals surface area contributed by atoms with Gasteiger partial charge in [0.05, 0.1) is 5.60 Å². The molecule has 0 saturated heterocycles. The summed E-state index contributed by atoms with van der Waals surface area (Å²) in [6, 6.07) is 0. The van der Waals surface area contributed by atoms with Crippen molar-refractivity contribution < 1.29 is 10.2 Å². The smallest absolute Gasteiger partial charge is 0.0677 e. The third kappa shape index (κ3) is 1.70. The fourth-order valence-corrected chi connectivity index (χ4v) is 1.36. The maximum Gasteiger partial charge on any atom is 0.0677 e. The molecule has 1 aliphatic carbocycles. The Kier molecular flexibility index (Phi) is 2.32. The Labute approximate surface area is 61.9 Å². The summed E-state index contributed by atoms with van der Waals surface area (Å²) in [6.45, 7) is 2.32. The van der Waals surface area contributed by atoms with E-state index in [9.17, 15) is 5.11 Å². The van der Waals surface area contributed by atoms with Crippen LogP contribution in [0.15, 0.2) is 0 Å². The average molecular weight is 144 g/mol. The van der Waals surface area contributed by atoms with Gasteiger partial charge in [-0.05, 0) is 31.6 Å². The second kappa shape index (κ2) is 2.89. The Morgan fingerprint density at radius 1 is 1.50 bits per heavy atom. The minimum absolute atomic E-state index is 0.254. The number of aliphatic hydroxyl groups excluding tert-OH is 1. The fraction of sp³-hybridized carbons (Fsp3) is 1.00. The molecule has 0 aliphatic heterocycles. The van der Waals surface area contributed by atoms with Gasteiger partial charge in [-0.2, -0.15) is 0 Å². The molecule has 2 N–H and O–H groups in total. The van der Waals surface area contributed by atoms with Crippen LogP contribution in [0, 0.1) is 5.92 Å². The standard InChI is InChI=1S/C8H16O2/c1-7-6-8(7,10)4-2-3-5-9/h7,9-10H,2-6H2,1H3. The molecule has 1 rings (SSSR count). The van der Waals surface area contributed by atoms with Gasteiger partial charge < -0.3 is 10.2 Å². The first-order valence-corrected chi connectivity index (χ1v) is 4.02. The molecule has 0 aromatic heterocycles. The van der Waals surface area contributed by atoms with Crippen LogP contribution in [-0.4, -0.2) is 22.4 Å². The monoisotopic (exact) mass is 144 g/mol. The molecule has 2 unspecified atom stereocenters. The van der Waals surface area contributed by atoms with E-state index in [2.05, 4.69) is 6.92 Å². The van der Waals surface area contributed by atoms with Gasteiger partial charge in [-0.1, -0.05) is 6.92 Å². The normalized spacial score (nSPS) is 38.1. The summed E-state index contributed by atoms with van der Waals surface area (Å²) < 4.78 is 0. The van der Waals surface area contributed by atoms with Crippen molar-refractivity contribution in [3.63, 3.8) is 0 Å². The number of hydrogen-bond donors (Lipinski definition) is 2. The summed E-state index contributed by atoms with van der Waals surface area (Å²) in [4.78, 5) is 0. The van der Waals surface area contributed by atoms with Crippen LogP contribution in [0.5, 0.6) is 0 Å². The Morgan fingerprint density at radius 2 is 2.10 bits per heavy atom. The van der Waals surface area contributed by atoms with E-state index in [1.54, 1.807) is 0 Å². The van der Waals surface area contributed by atoms with Gasteiger partial charge in [0.25, 0.3) is 0 Å². The fourth-order valence-electron chi connectivity index (χ4n) is 1.36. The van der Waals surface area contributed by atoms with Crippen molar-refractivity contribution in [1.29, 1.82) is 0 Å². The van der Waals surface area contributed by atoms with E-state index in [0.717, 1.165) is 25.7 Å². The maximum atomic E-state index is 9.54. The molecule has 60 valence electrons. The Morgan fingerprint density at radius 3 is 2.50 bits per heavy atom. The van der Waals surface area contributed by atoms with Crippen LogP contribution in [0.25, 0.3) is 0 Å². The lowest BCUT2D eigenvalue weighted by molar-refractivity contribution is 0.118. The van der Waals surface area contributed by atoms with Gasteiger partial charge in [-0.25, -0.2) is 0 Å². The molecule has 0 aromatic carbocycles. The third-order valence-electron chi connectivity index (χ3n) is 2.43. The van der Waals surface area contributed by atoms with Crippen molar-refractivity contribution >= 4 is 0 Å². The SMILES string of the molecule is CC1CC1(O)CCCCO. The summed E-state index contributed by atoms with van der Waals surface area (Å²) in [6.07, 6.45) is 3.61. The lowest BCUT2D eigenvalue weighted by atomic mass is 10.1. The zero-order valence-corrected chi connectivity index (χ0v) is 6.51. The van der Waals surface area contributed by atoms with Crippen LogP contribution in [0.2, 0.25) is 0 Å². The zero-order valence-electron chi connectivity index (χ0n) is 6.51. The predicted molar refractivity (Wildman–Crippen MR) is 39.7 cm³/mol. The maximum absolute atomic E-state index is 9.54. The van der Waals surface area contributed by atoms with E-state index in [-0.39, 0.29) is 12.2 Å². The number of aliphatic hydroxyl groups is 2. The van der Waals surface area contributed by atoms with E-state index >= 15 is 0 Å². The van der Waals surface area contributed by atoms with E-state index in [1.807, 2.05) is 0 Å². The first-order chi connectivity index (χ1) is 4.69. The quantitative estimate of drug-likeness (QED) is 0.576. The molecule has 0 aromatic rings. The van der Waals surface area contributed by atoms with Crippen molar-refractivity contribution in [1.82, 2.24) is 0 Å². The van der Waals surface area contributed by atoms with Crippen LogP contribution in [0.4, 0.5) is 0 Å². The summed E-state index contributed by atoms with van der Waals surface area (Å²) in [5.74, 6) is 0.492. The number of unbranched alkanes of at least 4 members (excludes halogenated alkanes) is 1. The third-order valence-corrected chi connectivity index (χ3v) is 2.43. The molecule has 0 spiro atoms. The highest BCUT2D eigenvalue weighted by atomic mass is 16.3. The van der Waals surface area contributed by atoms with Crippen molar-refractivity contribution in [3.8, 4) is 0 Å². The van der Waals surface area contributed by atoms with Crippen LogP contribution in [-0.2, 0) is 0 Å². The lowest BCUT2D eigenvalue weighted by Crippen LogP contribution is -2.09. The highest BCUT2D eigenvalue weighted by Gasteiger charge is 2.48. The van der Waals surface area contributed by atoms with Crippen LogP contribution in [0.3, 0.4) is 0 Å². The zero-order chi connectivity index (χ0) is 7.61. The summed E-state index contributed by atoms with van der Waals surface area (Å²) >= 11 is 0. The Bertz CT molecular complexity index is 114. The molecular weight excluding hydrogens is 128 g/mol. The lowest BCUT2D eigenvalue weighted by Gasteiger charge is -2.06. The highest BCUT2D eigenvalue weighted by molar-refractivity contribution is 5.00. The van der Waals surface area contributed by atoms with Gasteiger partial charge in [0, 0.05) is 6.61 Å². The first-order valence-electron chi connectivity index (χ1n) is 4.02. The molecule has 0 amide bonds. The van der Waals surface area contributed by atoms with Crippen molar-refractivity contribution in [3.05, 3.63) is 0 Å². The molecule has 10 heavy (non-hydrogen) atoms. The minimum atomic E-state index is -0.352. The number of hydrogen-bond acceptors (Lipinski definition) is 2. The van der Waals surface area contributed by atoms with Gasteiger partial charge >= 0.3 is 0 Å². The number of rotatable bonds is 4. The summed E-state index contributed by atoms with van der Waals surface area (Å²) in [5, 5.41) is 18.0. The largest absolute Gasteiger partial charge is 0.396 e. The first kappa shape index (κ1) is 8.02. The van der Waals surface area contributed by atoms with Gasteiger partial charge in [0.15, 0.2) is 0 Å². The van der Waals surface area contributed by atoms with E-state index < -0.39 is 0 Å². The van der Waals surface area contributed by atoms with Crippen LogP contribution >= 0.6 is 0 Å². The van der Waals surface area contributed by atoms with E-state index in [0.29, 0.717) is 5.92 Å². The Balaban J connectivity index is 2.03. The molecule has 2 nitrogen and oxygen atoms in total. The van der Waals surface area contributed by atoms with Crippen LogP contribution in [0.1, 0.15) is 32.6 Å². The molecule has 0 bridgehead atoms. The molecule has 1 fully saturated rings. The average Bonchev–Trinajstić information content (AvgIpc) is 2.42. The second-order valence-corrected chi connectivity index (χ2v) is 3.39. The van der Waals surface area contributed by atoms with Crippen molar-refractivity contribution in [2.24, 2.45) is 5.92 Å². The summed E-state index contributed by atoms with van der Waals surface area (Å²) in [7, 11) is 0. The summed E-state index contributed by atoms with van der Waals surface area (Å²) in [5.41, 5.74) is -0.352. The van der Waals surface area contributed by atoms with Gasteiger partial charge in [0.1, 0.15) is 0 Å². The van der Waals surface area contributed by atoms with Gasteiger partial charge in [-0.3, -0.25) is 0 Å².